The first-order chi connectivity index (χ1) is 12.0. The van der Waals surface area contributed by atoms with E-state index >= 15 is 0 Å². The molecule has 0 saturated heterocycles. The Morgan fingerprint density at radius 3 is 2.72 bits per heavy atom. The number of halogens is 1. The number of carbonyl (C=O) groups excluding carboxylic acids is 2. The minimum atomic E-state index is -0.471. The second-order valence-electron chi connectivity index (χ2n) is 5.45. The Morgan fingerprint density at radius 1 is 1.32 bits per heavy atom. The fraction of sp³-hybridized carbons (Fsp3) is 0.353. The van der Waals surface area contributed by atoms with Crippen molar-refractivity contribution >= 4 is 23.6 Å². The molecule has 0 aliphatic rings. The van der Waals surface area contributed by atoms with E-state index in [9.17, 15) is 14.0 Å². The van der Waals surface area contributed by atoms with Gasteiger partial charge in [-0.3, -0.25) is 9.59 Å². The number of hydrogen-bond acceptors (Lipinski definition) is 5. The third-order valence-electron chi connectivity index (χ3n) is 3.50. The van der Waals surface area contributed by atoms with E-state index in [0.29, 0.717) is 11.3 Å². The van der Waals surface area contributed by atoms with Crippen molar-refractivity contribution in [3.8, 4) is 0 Å². The molecule has 25 heavy (non-hydrogen) atoms. The van der Waals surface area contributed by atoms with Crippen LogP contribution in [0.25, 0.3) is 0 Å². The topological polar surface area (TPSA) is 84.2 Å². The number of aromatic nitrogens is 1. The standard InChI is InChI=1S/C17H20FN3O3S/c1-11-7-13(24-21-11)9-19-16(22)10-20-17(23)15(25-2)8-12-5-3-4-6-14(12)18/h3-7,15H,8-10H2,1-2H3,(H,19,22)(H,20,23). The van der Waals surface area contributed by atoms with E-state index < -0.39 is 5.25 Å². The predicted molar refractivity (Wildman–Crippen MR) is 93.5 cm³/mol. The largest absolute Gasteiger partial charge is 0.359 e. The summed E-state index contributed by atoms with van der Waals surface area (Å²) in [6, 6.07) is 8.07. The first-order valence-electron chi connectivity index (χ1n) is 7.72. The molecule has 2 N–H and O–H groups in total. The highest BCUT2D eigenvalue weighted by Crippen LogP contribution is 2.16. The molecule has 1 aromatic heterocycles. The van der Waals surface area contributed by atoms with E-state index in [-0.39, 0.29) is 37.1 Å². The summed E-state index contributed by atoms with van der Waals surface area (Å²) >= 11 is 1.31. The van der Waals surface area contributed by atoms with Crippen LogP contribution in [0.1, 0.15) is 17.0 Å². The molecule has 2 aromatic rings. The number of hydrogen-bond donors (Lipinski definition) is 2. The van der Waals surface area contributed by atoms with E-state index in [1.165, 1.54) is 17.8 Å². The fourth-order valence-electron chi connectivity index (χ4n) is 2.18. The van der Waals surface area contributed by atoms with Crippen molar-refractivity contribution in [2.45, 2.75) is 25.1 Å². The third-order valence-corrected chi connectivity index (χ3v) is 4.45. The molecule has 0 spiro atoms. The number of aryl methyl sites for hydroxylation is 1. The number of carbonyl (C=O) groups is 2. The van der Waals surface area contributed by atoms with Gasteiger partial charge in [0.25, 0.3) is 0 Å². The van der Waals surface area contributed by atoms with Crippen LogP contribution in [0.5, 0.6) is 0 Å². The second kappa shape index (κ2) is 9.22. The molecule has 1 aromatic carbocycles. The van der Waals surface area contributed by atoms with E-state index in [4.69, 9.17) is 4.52 Å². The van der Waals surface area contributed by atoms with Crippen LogP contribution in [-0.4, -0.2) is 35.0 Å². The second-order valence-corrected chi connectivity index (χ2v) is 6.49. The highest BCUT2D eigenvalue weighted by atomic mass is 32.2. The number of nitrogens with zero attached hydrogens (tertiary/aromatic N) is 1. The quantitative estimate of drug-likeness (QED) is 0.746. The van der Waals surface area contributed by atoms with Gasteiger partial charge in [-0.1, -0.05) is 23.4 Å². The maximum absolute atomic E-state index is 13.7. The summed E-state index contributed by atoms with van der Waals surface area (Å²) in [4.78, 5) is 24.0. The SMILES string of the molecule is CSC(Cc1ccccc1F)C(=O)NCC(=O)NCc1cc(C)no1. The van der Waals surface area contributed by atoms with Crippen LogP contribution in [0.15, 0.2) is 34.9 Å². The Kier molecular flexibility index (Phi) is 7.00. The minimum absolute atomic E-state index is 0.152. The molecule has 0 aliphatic heterocycles. The van der Waals surface area contributed by atoms with Gasteiger partial charge in [-0.15, -0.1) is 0 Å². The summed E-state index contributed by atoms with van der Waals surface area (Å²) in [7, 11) is 0. The van der Waals surface area contributed by atoms with Crippen LogP contribution >= 0.6 is 11.8 Å². The maximum Gasteiger partial charge on any atom is 0.239 e. The summed E-state index contributed by atoms with van der Waals surface area (Å²) in [5.74, 6) is -0.442. The van der Waals surface area contributed by atoms with Crippen molar-refractivity contribution in [3.63, 3.8) is 0 Å². The minimum Gasteiger partial charge on any atom is -0.359 e. The van der Waals surface area contributed by atoms with Gasteiger partial charge < -0.3 is 15.2 Å². The highest BCUT2D eigenvalue weighted by molar-refractivity contribution is 7.99. The van der Waals surface area contributed by atoms with Gasteiger partial charge in [0.2, 0.25) is 11.8 Å². The van der Waals surface area contributed by atoms with E-state index in [0.717, 1.165) is 5.69 Å². The molecular formula is C17H20FN3O3S. The lowest BCUT2D eigenvalue weighted by Crippen LogP contribution is -2.41. The van der Waals surface area contributed by atoms with Crippen LogP contribution in [0.2, 0.25) is 0 Å². The predicted octanol–water partition coefficient (Wildman–Crippen LogP) is 1.83. The molecule has 6 nitrogen and oxygen atoms in total. The van der Waals surface area contributed by atoms with E-state index in [2.05, 4.69) is 15.8 Å². The molecule has 1 atom stereocenters. The van der Waals surface area contributed by atoms with Crippen LogP contribution in [0, 0.1) is 12.7 Å². The Hall–Kier alpha value is -2.35. The molecule has 134 valence electrons. The van der Waals surface area contributed by atoms with Gasteiger partial charge in [0.1, 0.15) is 5.82 Å². The molecule has 0 bridgehead atoms. The summed E-state index contributed by atoms with van der Waals surface area (Å²) in [5, 5.41) is 8.45. The Bertz CT molecular complexity index is 735. The molecule has 0 fully saturated rings. The summed E-state index contributed by atoms with van der Waals surface area (Å²) in [6.45, 7) is 1.84. The number of amides is 2. The van der Waals surface area contributed by atoms with Gasteiger partial charge in [-0.25, -0.2) is 4.39 Å². The fourth-order valence-corrected chi connectivity index (χ4v) is 2.82. The van der Waals surface area contributed by atoms with Gasteiger partial charge in [0.15, 0.2) is 5.76 Å². The van der Waals surface area contributed by atoms with Crippen molar-refractivity contribution in [2.75, 3.05) is 12.8 Å². The van der Waals surface area contributed by atoms with Gasteiger partial charge >= 0.3 is 0 Å². The zero-order chi connectivity index (χ0) is 18.2. The highest BCUT2D eigenvalue weighted by Gasteiger charge is 2.20. The summed E-state index contributed by atoms with van der Waals surface area (Å²) < 4.78 is 18.7. The molecule has 2 amide bonds. The van der Waals surface area contributed by atoms with Crippen molar-refractivity contribution < 1.29 is 18.5 Å². The summed E-state index contributed by atoms with van der Waals surface area (Å²) in [6.07, 6.45) is 2.04. The monoisotopic (exact) mass is 365 g/mol. The van der Waals surface area contributed by atoms with Crippen molar-refractivity contribution in [1.82, 2.24) is 15.8 Å². The van der Waals surface area contributed by atoms with Crippen LogP contribution in [-0.2, 0) is 22.6 Å². The Balaban J connectivity index is 1.79. The molecule has 1 unspecified atom stereocenters. The van der Waals surface area contributed by atoms with Crippen LogP contribution in [0.3, 0.4) is 0 Å². The third kappa shape index (κ3) is 5.90. The van der Waals surface area contributed by atoms with Crippen molar-refractivity contribution in [1.29, 1.82) is 0 Å². The van der Waals surface area contributed by atoms with Gasteiger partial charge in [-0.05, 0) is 31.2 Å². The molecule has 0 radical (unpaired) electrons. The molecule has 2 rings (SSSR count). The van der Waals surface area contributed by atoms with Crippen molar-refractivity contribution in [2.24, 2.45) is 0 Å². The van der Waals surface area contributed by atoms with Crippen LogP contribution < -0.4 is 10.6 Å². The van der Waals surface area contributed by atoms with E-state index in [1.54, 1.807) is 37.4 Å². The number of benzene rings is 1. The Labute approximate surface area is 149 Å². The van der Waals surface area contributed by atoms with Crippen molar-refractivity contribution in [3.05, 3.63) is 53.2 Å². The lowest BCUT2D eigenvalue weighted by molar-refractivity contribution is -0.125. The Morgan fingerprint density at radius 2 is 2.08 bits per heavy atom. The molecule has 0 saturated carbocycles. The molecular weight excluding hydrogens is 345 g/mol. The average molecular weight is 365 g/mol. The molecule has 8 heteroatoms. The lowest BCUT2D eigenvalue weighted by Gasteiger charge is -2.15. The molecule has 1 heterocycles. The zero-order valence-corrected chi connectivity index (χ0v) is 14.9. The average Bonchev–Trinajstić information content (AvgIpc) is 3.02. The molecule has 0 aliphatic carbocycles. The summed E-state index contributed by atoms with van der Waals surface area (Å²) in [5.41, 5.74) is 1.20. The van der Waals surface area contributed by atoms with E-state index in [1.807, 2.05) is 0 Å². The van der Waals surface area contributed by atoms with Gasteiger partial charge in [0.05, 0.1) is 24.0 Å². The normalized spacial score (nSPS) is 11.8. The number of rotatable bonds is 8. The lowest BCUT2D eigenvalue weighted by atomic mass is 10.1. The first kappa shape index (κ1) is 19.0. The van der Waals surface area contributed by atoms with Crippen LogP contribution in [0.4, 0.5) is 4.39 Å². The first-order valence-corrected chi connectivity index (χ1v) is 9.01. The number of thioether (sulfide) groups is 1. The maximum atomic E-state index is 13.7. The zero-order valence-electron chi connectivity index (χ0n) is 14.0. The smallest absolute Gasteiger partial charge is 0.239 e. The number of nitrogens with one attached hydrogen (secondary N) is 2. The van der Waals surface area contributed by atoms with Gasteiger partial charge in [-0.2, -0.15) is 11.8 Å². The van der Waals surface area contributed by atoms with Gasteiger partial charge in [0, 0.05) is 6.07 Å².